The summed E-state index contributed by atoms with van der Waals surface area (Å²) < 4.78 is 5.13. The van der Waals surface area contributed by atoms with E-state index >= 15 is 0 Å². The Bertz CT molecular complexity index is 811. The molecule has 0 fully saturated rings. The number of methoxy groups -OCH3 is 1. The van der Waals surface area contributed by atoms with E-state index < -0.39 is 5.97 Å². The lowest BCUT2D eigenvalue weighted by atomic mass is 9.97. The second-order valence-electron chi connectivity index (χ2n) is 4.59. The molecule has 0 aliphatic carbocycles. The first-order chi connectivity index (χ1) is 11.6. The largest absolute Gasteiger partial charge is 0.497 e. The Labute approximate surface area is 143 Å². The van der Waals surface area contributed by atoms with Gasteiger partial charge in [-0.2, -0.15) is 5.26 Å². The predicted molar refractivity (Wildman–Crippen MR) is 94.7 cm³/mol. The summed E-state index contributed by atoms with van der Waals surface area (Å²) in [6.07, 6.45) is 3.59. The van der Waals surface area contributed by atoms with E-state index in [0.717, 1.165) is 0 Å². The Kier molecular flexibility index (Phi) is 5.82. The molecule has 0 aromatic heterocycles. The van der Waals surface area contributed by atoms with Crippen molar-refractivity contribution in [1.82, 2.24) is 5.32 Å². The van der Waals surface area contributed by atoms with E-state index in [1.807, 2.05) is 6.19 Å². The number of carboxylic acid groups (broad SMARTS) is 1. The third-order valence-corrected chi connectivity index (χ3v) is 3.81. The van der Waals surface area contributed by atoms with Crippen LogP contribution in [0.15, 0.2) is 47.5 Å². The van der Waals surface area contributed by atoms with Crippen molar-refractivity contribution in [2.45, 2.75) is 0 Å². The van der Waals surface area contributed by atoms with Crippen molar-refractivity contribution in [1.29, 1.82) is 5.26 Å². The number of hydrogen-bond donors (Lipinski definition) is 2. The zero-order valence-electron chi connectivity index (χ0n) is 13.1. The second-order valence-corrected chi connectivity index (χ2v) is 5.39. The van der Waals surface area contributed by atoms with Crippen LogP contribution in [0, 0.1) is 11.5 Å². The fraction of sp³-hybridized carbons (Fsp3) is 0.118. The van der Waals surface area contributed by atoms with Crippen LogP contribution in [-0.2, 0) is 0 Å². The molecule has 0 atom stereocenters. The van der Waals surface area contributed by atoms with E-state index in [0.29, 0.717) is 27.7 Å². The van der Waals surface area contributed by atoms with Gasteiger partial charge in [-0.25, -0.2) is 9.79 Å². The number of thioether (sulfide) groups is 1. The van der Waals surface area contributed by atoms with Crippen molar-refractivity contribution in [3.8, 4) is 23.1 Å². The summed E-state index contributed by atoms with van der Waals surface area (Å²) in [5, 5.41) is 21.1. The van der Waals surface area contributed by atoms with Gasteiger partial charge in [-0.05, 0) is 36.1 Å². The minimum atomic E-state index is -1.04. The van der Waals surface area contributed by atoms with Gasteiger partial charge in [0.05, 0.1) is 18.4 Å². The predicted octanol–water partition coefficient (Wildman–Crippen LogP) is 3.48. The molecule has 0 bridgehead atoms. The number of carbonyl (C=O) groups is 1. The lowest BCUT2D eigenvalue weighted by Crippen LogP contribution is -2.12. The van der Waals surface area contributed by atoms with Gasteiger partial charge in [0.1, 0.15) is 5.75 Å². The standard InChI is InChI=1S/C17H15N3O3S/c1-23-12-8-6-11(7-9-12)15-13(16(21)22)4-3-5-14(15)20-17(24-2)19-10-18/h3-9H,1-2H3,(H,19,20)(H,21,22). The van der Waals surface area contributed by atoms with E-state index in [1.165, 1.54) is 17.8 Å². The summed E-state index contributed by atoms with van der Waals surface area (Å²) >= 11 is 1.26. The topological polar surface area (TPSA) is 94.7 Å². The van der Waals surface area contributed by atoms with Crippen LogP contribution in [-0.4, -0.2) is 29.6 Å². The number of nitrogens with zero attached hydrogens (tertiary/aromatic N) is 2. The van der Waals surface area contributed by atoms with Crippen LogP contribution in [0.4, 0.5) is 5.69 Å². The summed E-state index contributed by atoms with van der Waals surface area (Å²) in [7, 11) is 1.56. The van der Waals surface area contributed by atoms with Gasteiger partial charge in [0.2, 0.25) is 0 Å². The zero-order chi connectivity index (χ0) is 17.5. The first-order valence-corrected chi connectivity index (χ1v) is 8.11. The third kappa shape index (κ3) is 3.86. The van der Waals surface area contributed by atoms with Gasteiger partial charge in [0.25, 0.3) is 0 Å². The molecule has 0 spiro atoms. The number of nitrogens with one attached hydrogen (secondary N) is 1. The van der Waals surface area contributed by atoms with Crippen LogP contribution < -0.4 is 10.1 Å². The maximum absolute atomic E-state index is 11.6. The Morgan fingerprint density at radius 1 is 1.29 bits per heavy atom. The normalized spacial score (nSPS) is 10.8. The van der Waals surface area contributed by atoms with Crippen molar-refractivity contribution in [3.63, 3.8) is 0 Å². The average molecular weight is 341 g/mol. The molecule has 2 aromatic rings. The molecule has 2 N–H and O–H groups in total. The monoisotopic (exact) mass is 341 g/mol. The fourth-order valence-corrected chi connectivity index (χ4v) is 2.49. The third-order valence-electron chi connectivity index (χ3n) is 3.23. The molecule has 0 amide bonds. The Hall–Kier alpha value is -2.98. The van der Waals surface area contributed by atoms with Crippen molar-refractivity contribution >= 4 is 28.6 Å². The zero-order valence-corrected chi connectivity index (χ0v) is 13.9. The lowest BCUT2D eigenvalue weighted by Gasteiger charge is -2.11. The number of ether oxygens (including phenoxy) is 1. The summed E-state index contributed by atoms with van der Waals surface area (Å²) in [5.41, 5.74) is 1.79. The average Bonchev–Trinajstić information content (AvgIpc) is 2.61. The maximum atomic E-state index is 11.6. The molecular weight excluding hydrogens is 326 g/mol. The summed E-state index contributed by atoms with van der Waals surface area (Å²) in [6.45, 7) is 0. The maximum Gasteiger partial charge on any atom is 0.336 e. The number of carboxylic acids is 1. The first-order valence-electron chi connectivity index (χ1n) is 6.89. The molecule has 6 nitrogen and oxygen atoms in total. The van der Waals surface area contributed by atoms with Crippen LogP contribution in [0.25, 0.3) is 11.1 Å². The van der Waals surface area contributed by atoms with E-state index in [2.05, 4.69) is 10.3 Å². The fourth-order valence-electron chi connectivity index (χ4n) is 2.15. The highest BCUT2D eigenvalue weighted by Gasteiger charge is 2.16. The van der Waals surface area contributed by atoms with Gasteiger partial charge in [0.15, 0.2) is 11.4 Å². The number of nitriles is 1. The van der Waals surface area contributed by atoms with Crippen molar-refractivity contribution in [3.05, 3.63) is 48.0 Å². The van der Waals surface area contributed by atoms with Crippen LogP contribution in [0.5, 0.6) is 5.75 Å². The van der Waals surface area contributed by atoms with Gasteiger partial charge in [0, 0.05) is 5.56 Å². The minimum absolute atomic E-state index is 0.138. The van der Waals surface area contributed by atoms with E-state index in [4.69, 9.17) is 10.00 Å². The van der Waals surface area contributed by atoms with Crippen molar-refractivity contribution in [2.75, 3.05) is 13.4 Å². The molecule has 0 heterocycles. The van der Waals surface area contributed by atoms with Crippen molar-refractivity contribution < 1.29 is 14.6 Å². The number of aliphatic imine (C=N–C) groups is 1. The molecule has 0 aliphatic heterocycles. The SMILES string of the molecule is COc1ccc(-c2c(N=C(NC#N)SC)cccc2C(=O)O)cc1. The van der Waals surface area contributed by atoms with Gasteiger partial charge >= 0.3 is 5.97 Å². The Morgan fingerprint density at radius 2 is 2.00 bits per heavy atom. The quantitative estimate of drug-likeness (QED) is 0.383. The van der Waals surface area contributed by atoms with E-state index in [9.17, 15) is 9.90 Å². The molecular formula is C17H15N3O3S. The number of hydrogen-bond acceptors (Lipinski definition) is 5. The molecule has 0 saturated heterocycles. The molecule has 2 rings (SSSR count). The van der Waals surface area contributed by atoms with E-state index in [1.54, 1.807) is 49.8 Å². The molecule has 2 aromatic carbocycles. The molecule has 7 heteroatoms. The van der Waals surface area contributed by atoms with Crippen LogP contribution in [0.2, 0.25) is 0 Å². The summed E-state index contributed by atoms with van der Waals surface area (Å²) in [6, 6.07) is 11.9. The van der Waals surface area contributed by atoms with Gasteiger partial charge in [-0.3, -0.25) is 5.32 Å². The highest BCUT2D eigenvalue weighted by atomic mass is 32.2. The number of rotatable bonds is 4. The first kappa shape index (κ1) is 17.4. The second kappa shape index (κ2) is 8.04. The molecule has 0 saturated carbocycles. The number of amidine groups is 1. The van der Waals surface area contributed by atoms with Gasteiger partial charge in [-0.15, -0.1) is 0 Å². The summed E-state index contributed by atoms with van der Waals surface area (Å²) in [5.74, 6) is -0.371. The Morgan fingerprint density at radius 3 is 2.54 bits per heavy atom. The van der Waals surface area contributed by atoms with E-state index in [-0.39, 0.29) is 5.56 Å². The summed E-state index contributed by atoms with van der Waals surface area (Å²) in [4.78, 5) is 16.0. The number of benzene rings is 2. The molecule has 0 unspecified atom stereocenters. The van der Waals surface area contributed by atoms with Crippen LogP contribution in [0.1, 0.15) is 10.4 Å². The van der Waals surface area contributed by atoms with Gasteiger partial charge in [-0.1, -0.05) is 30.0 Å². The minimum Gasteiger partial charge on any atom is -0.497 e. The highest BCUT2D eigenvalue weighted by Crippen LogP contribution is 2.35. The molecule has 122 valence electrons. The Balaban J connectivity index is 2.65. The number of aromatic carboxylic acids is 1. The smallest absolute Gasteiger partial charge is 0.336 e. The lowest BCUT2D eigenvalue weighted by molar-refractivity contribution is 0.0697. The molecule has 0 aliphatic rings. The molecule has 24 heavy (non-hydrogen) atoms. The van der Waals surface area contributed by atoms with Crippen LogP contribution >= 0.6 is 11.8 Å². The highest BCUT2D eigenvalue weighted by molar-refractivity contribution is 8.13. The van der Waals surface area contributed by atoms with Crippen LogP contribution in [0.3, 0.4) is 0 Å². The van der Waals surface area contributed by atoms with Gasteiger partial charge < -0.3 is 9.84 Å². The van der Waals surface area contributed by atoms with Crippen molar-refractivity contribution in [2.24, 2.45) is 4.99 Å². The molecule has 0 radical (unpaired) electrons.